The Hall–Kier alpha value is -1.68. The third-order valence-electron chi connectivity index (χ3n) is 2.92. The molecule has 19 heavy (non-hydrogen) atoms. The first kappa shape index (κ1) is 13.7. The quantitative estimate of drug-likeness (QED) is 0.856. The van der Waals surface area contributed by atoms with Crippen molar-refractivity contribution in [2.75, 3.05) is 0 Å². The van der Waals surface area contributed by atoms with Crippen LogP contribution in [0, 0.1) is 6.92 Å². The summed E-state index contributed by atoms with van der Waals surface area (Å²) < 4.78 is 7.42. The average Bonchev–Trinajstić information content (AvgIpc) is 2.98. The molecule has 1 atom stereocenters. The van der Waals surface area contributed by atoms with Crippen LogP contribution in [0.25, 0.3) is 0 Å². The van der Waals surface area contributed by atoms with Gasteiger partial charge in [-0.2, -0.15) is 0 Å². The predicted molar refractivity (Wildman–Crippen MR) is 74.4 cm³/mol. The number of amides is 1. The fraction of sp³-hybridized carbons (Fsp3) is 0.357. The monoisotopic (exact) mass is 280 g/mol. The lowest BCUT2D eigenvalue weighted by molar-refractivity contribution is 0.0907. The van der Waals surface area contributed by atoms with Gasteiger partial charge >= 0.3 is 0 Å². The Morgan fingerprint density at radius 1 is 1.47 bits per heavy atom. The van der Waals surface area contributed by atoms with Crippen LogP contribution in [0.2, 0.25) is 0 Å². The maximum absolute atomic E-state index is 12.0. The smallest absolute Gasteiger partial charge is 0.287 e. The van der Waals surface area contributed by atoms with Crippen molar-refractivity contribution in [3.8, 4) is 0 Å². The Kier molecular flexibility index (Phi) is 4.32. The number of aryl methyl sites for hydroxylation is 1. The molecule has 0 aromatic carbocycles. The number of hydrogen-bond donors (Lipinski definition) is 1. The third-order valence-corrected chi connectivity index (χ3v) is 3.20. The van der Waals surface area contributed by atoms with E-state index in [1.54, 1.807) is 13.0 Å². The summed E-state index contributed by atoms with van der Waals surface area (Å²) >= 11 is 5.76. The zero-order valence-corrected chi connectivity index (χ0v) is 11.8. The molecule has 102 valence electrons. The highest BCUT2D eigenvalue weighted by Gasteiger charge is 2.16. The molecular weight excluding hydrogens is 264 g/mol. The zero-order valence-electron chi connectivity index (χ0n) is 11.0. The van der Waals surface area contributed by atoms with Crippen LogP contribution < -0.4 is 5.32 Å². The minimum atomic E-state index is -0.209. The van der Waals surface area contributed by atoms with Gasteiger partial charge in [0.1, 0.15) is 5.76 Å². The van der Waals surface area contributed by atoms with Crippen LogP contribution in [0.3, 0.4) is 0 Å². The van der Waals surface area contributed by atoms with E-state index in [4.69, 9.17) is 16.0 Å². The van der Waals surface area contributed by atoms with Crippen LogP contribution >= 0.6 is 11.6 Å². The maximum Gasteiger partial charge on any atom is 0.287 e. The fourth-order valence-corrected chi connectivity index (χ4v) is 2.18. The highest BCUT2D eigenvalue weighted by Crippen LogP contribution is 2.16. The number of hydrogen-bond acceptors (Lipinski definition) is 2. The number of carbonyl (C=O) groups is 1. The Morgan fingerprint density at radius 3 is 2.74 bits per heavy atom. The third kappa shape index (κ3) is 3.41. The van der Waals surface area contributed by atoms with E-state index >= 15 is 0 Å². The molecule has 0 spiro atoms. The Balaban J connectivity index is 1.96. The minimum Gasteiger partial charge on any atom is -0.456 e. The largest absolute Gasteiger partial charge is 0.456 e. The van der Waals surface area contributed by atoms with Gasteiger partial charge in [0.15, 0.2) is 5.76 Å². The zero-order chi connectivity index (χ0) is 13.8. The highest BCUT2D eigenvalue weighted by atomic mass is 35.5. The topological polar surface area (TPSA) is 47.2 Å². The summed E-state index contributed by atoms with van der Waals surface area (Å²) in [6, 6.07) is 5.62. The number of furan rings is 1. The lowest BCUT2D eigenvalue weighted by atomic mass is 10.2. The molecule has 2 aromatic rings. The summed E-state index contributed by atoms with van der Waals surface area (Å²) in [5, 5.41) is 2.90. The van der Waals surface area contributed by atoms with Crippen LogP contribution in [0.1, 0.15) is 28.8 Å². The first-order valence-corrected chi connectivity index (χ1v) is 6.70. The van der Waals surface area contributed by atoms with Gasteiger partial charge in [0, 0.05) is 30.5 Å². The van der Waals surface area contributed by atoms with Crippen molar-refractivity contribution in [1.82, 2.24) is 9.88 Å². The summed E-state index contributed by atoms with van der Waals surface area (Å²) in [4.78, 5) is 12.0. The normalized spacial score (nSPS) is 12.4. The number of carbonyl (C=O) groups excluding carboxylic acids is 1. The fourth-order valence-electron chi connectivity index (χ4n) is 1.91. The van der Waals surface area contributed by atoms with E-state index in [1.807, 2.05) is 36.0 Å². The van der Waals surface area contributed by atoms with Gasteiger partial charge in [-0.25, -0.2) is 0 Å². The lowest BCUT2D eigenvalue weighted by Crippen LogP contribution is -2.35. The van der Waals surface area contributed by atoms with E-state index in [9.17, 15) is 4.79 Å². The first-order valence-electron chi connectivity index (χ1n) is 6.17. The van der Waals surface area contributed by atoms with Crippen LogP contribution in [-0.2, 0) is 12.4 Å². The molecule has 0 bridgehead atoms. The van der Waals surface area contributed by atoms with Gasteiger partial charge in [-0.1, -0.05) is 0 Å². The lowest BCUT2D eigenvalue weighted by Gasteiger charge is -2.13. The molecule has 0 saturated heterocycles. The second-order valence-corrected chi connectivity index (χ2v) is 4.85. The minimum absolute atomic E-state index is 0.0183. The number of alkyl halides is 1. The van der Waals surface area contributed by atoms with E-state index in [0.29, 0.717) is 17.4 Å². The molecule has 0 aliphatic rings. The molecule has 0 fully saturated rings. The van der Waals surface area contributed by atoms with E-state index in [1.165, 1.54) is 0 Å². The van der Waals surface area contributed by atoms with Gasteiger partial charge in [-0.3, -0.25) is 4.79 Å². The van der Waals surface area contributed by atoms with Crippen LogP contribution in [0.15, 0.2) is 35.0 Å². The summed E-state index contributed by atoms with van der Waals surface area (Å²) in [5.41, 5.74) is 0.852. The molecule has 1 N–H and O–H groups in total. The molecule has 1 amide bonds. The van der Waals surface area contributed by atoms with Gasteiger partial charge < -0.3 is 14.3 Å². The molecule has 0 aliphatic heterocycles. The summed E-state index contributed by atoms with van der Waals surface area (Å²) in [6.45, 7) is 4.48. The molecule has 2 rings (SSSR count). The van der Waals surface area contributed by atoms with E-state index in [0.717, 1.165) is 12.1 Å². The van der Waals surface area contributed by atoms with Gasteiger partial charge in [0.2, 0.25) is 0 Å². The molecule has 4 nitrogen and oxygen atoms in total. The molecule has 0 aliphatic carbocycles. The van der Waals surface area contributed by atoms with E-state index in [2.05, 4.69) is 5.32 Å². The number of nitrogens with one attached hydrogen (secondary N) is 1. The summed E-state index contributed by atoms with van der Waals surface area (Å²) in [7, 11) is 0. The Morgan fingerprint density at radius 2 is 2.16 bits per heavy atom. The van der Waals surface area contributed by atoms with Crippen molar-refractivity contribution >= 4 is 17.5 Å². The number of rotatable bonds is 5. The number of nitrogens with zero attached hydrogens (tertiary/aromatic N) is 1. The predicted octanol–water partition coefficient (Wildman–Crippen LogP) is 2.95. The van der Waals surface area contributed by atoms with Crippen molar-refractivity contribution in [2.24, 2.45) is 0 Å². The van der Waals surface area contributed by atoms with Gasteiger partial charge in [-0.05, 0) is 32.0 Å². The van der Waals surface area contributed by atoms with Gasteiger partial charge in [-0.15, -0.1) is 11.6 Å². The number of aromatic nitrogens is 1. The van der Waals surface area contributed by atoms with Crippen molar-refractivity contribution in [1.29, 1.82) is 0 Å². The van der Waals surface area contributed by atoms with Crippen LogP contribution in [-0.4, -0.2) is 16.5 Å². The van der Waals surface area contributed by atoms with E-state index in [-0.39, 0.29) is 11.9 Å². The second-order valence-electron chi connectivity index (χ2n) is 4.58. The first-order chi connectivity index (χ1) is 9.10. The molecule has 1 unspecified atom stereocenters. The molecule has 2 heterocycles. The van der Waals surface area contributed by atoms with Crippen molar-refractivity contribution in [3.05, 3.63) is 47.7 Å². The van der Waals surface area contributed by atoms with Gasteiger partial charge in [0.25, 0.3) is 5.91 Å². The molecular formula is C14H17ClN2O2. The van der Waals surface area contributed by atoms with E-state index < -0.39 is 0 Å². The van der Waals surface area contributed by atoms with Crippen molar-refractivity contribution < 1.29 is 9.21 Å². The van der Waals surface area contributed by atoms with Gasteiger partial charge in [0.05, 0.1) is 5.88 Å². The summed E-state index contributed by atoms with van der Waals surface area (Å²) in [6.07, 6.45) is 3.93. The Labute approximate surface area is 117 Å². The second kappa shape index (κ2) is 5.97. The number of halogens is 1. The molecule has 0 saturated carbocycles. The average molecular weight is 281 g/mol. The van der Waals surface area contributed by atoms with Crippen molar-refractivity contribution in [3.63, 3.8) is 0 Å². The molecule has 0 radical (unpaired) electrons. The maximum atomic E-state index is 12.0. The van der Waals surface area contributed by atoms with Crippen molar-refractivity contribution in [2.45, 2.75) is 32.3 Å². The summed E-state index contributed by atoms with van der Waals surface area (Å²) in [5.74, 6) is 1.14. The molecule has 5 heteroatoms. The van der Waals surface area contributed by atoms with Crippen LogP contribution in [0.4, 0.5) is 0 Å². The SMILES string of the molecule is Cc1oc(C(=O)NC(C)Cn2cccc2)cc1CCl. The van der Waals surface area contributed by atoms with Crippen LogP contribution in [0.5, 0.6) is 0 Å². The molecule has 2 aromatic heterocycles. The standard InChI is InChI=1S/C14H17ClN2O2/c1-10(9-17-5-3-4-6-17)16-14(18)13-7-12(8-15)11(2)19-13/h3-7,10H,8-9H2,1-2H3,(H,16,18). The highest BCUT2D eigenvalue weighted by molar-refractivity contribution is 6.17. The Bertz CT molecular complexity index is 546.